The molecule has 0 bridgehead atoms. The number of aryl methyl sites for hydroxylation is 2. The first-order valence-electron chi connectivity index (χ1n) is 6.63. The van der Waals surface area contributed by atoms with E-state index >= 15 is 0 Å². The Balaban J connectivity index is 1.98. The summed E-state index contributed by atoms with van der Waals surface area (Å²) in [5, 5.41) is 16.0. The third-order valence-electron chi connectivity index (χ3n) is 3.26. The number of nitriles is 1. The first-order chi connectivity index (χ1) is 10.6. The maximum atomic E-state index is 12.5. The number of hydrogen-bond donors (Lipinski definition) is 1. The van der Waals surface area contributed by atoms with Gasteiger partial charge >= 0.3 is 0 Å². The Bertz CT molecular complexity index is 904. The van der Waals surface area contributed by atoms with Gasteiger partial charge in [0, 0.05) is 11.4 Å². The highest BCUT2D eigenvalue weighted by Crippen LogP contribution is 2.23. The van der Waals surface area contributed by atoms with Gasteiger partial charge in [-0.15, -0.1) is 0 Å². The second kappa shape index (κ2) is 5.30. The summed E-state index contributed by atoms with van der Waals surface area (Å²) < 4.78 is 5.12. The third kappa shape index (κ3) is 2.40. The van der Waals surface area contributed by atoms with E-state index in [-0.39, 0.29) is 5.91 Å². The van der Waals surface area contributed by atoms with Crippen LogP contribution in [0.15, 0.2) is 34.9 Å². The van der Waals surface area contributed by atoms with Crippen LogP contribution < -0.4 is 5.32 Å². The molecule has 0 fully saturated rings. The molecule has 2 heterocycles. The van der Waals surface area contributed by atoms with Gasteiger partial charge < -0.3 is 9.84 Å². The summed E-state index contributed by atoms with van der Waals surface area (Å²) in [5.74, 6) is -0.272. The number of benzene rings is 1. The number of nitrogens with zero attached hydrogens (tertiary/aromatic N) is 3. The number of carbonyl (C=O) groups excluding carboxylic acids is 1. The van der Waals surface area contributed by atoms with E-state index in [4.69, 9.17) is 9.78 Å². The fraction of sp³-hybridized carbons (Fsp3) is 0.125. The first kappa shape index (κ1) is 13.8. The Labute approximate surface area is 126 Å². The number of hydrogen-bond acceptors (Lipinski definition) is 5. The Kier molecular flexibility index (Phi) is 3.31. The Morgan fingerprint density at radius 2 is 2.00 bits per heavy atom. The minimum atomic E-state index is -0.272. The van der Waals surface area contributed by atoms with Crippen molar-refractivity contribution in [3.05, 3.63) is 52.8 Å². The molecule has 0 saturated carbocycles. The SMILES string of the molecule is Cc1cc(C(=O)Nc2ccc(C#N)cc2)c2c(C)noc2n1. The smallest absolute Gasteiger partial charge is 0.258 e. The van der Waals surface area contributed by atoms with Crippen LogP contribution in [0.3, 0.4) is 0 Å². The molecule has 1 N–H and O–H groups in total. The van der Waals surface area contributed by atoms with Gasteiger partial charge in [0.1, 0.15) is 0 Å². The molecule has 6 nitrogen and oxygen atoms in total. The minimum absolute atomic E-state index is 0.272. The first-order valence-corrected chi connectivity index (χ1v) is 6.63. The molecule has 3 rings (SSSR count). The molecule has 0 radical (unpaired) electrons. The highest BCUT2D eigenvalue weighted by atomic mass is 16.5. The number of rotatable bonds is 2. The normalized spacial score (nSPS) is 10.4. The average molecular weight is 292 g/mol. The topological polar surface area (TPSA) is 91.8 Å². The predicted octanol–water partition coefficient (Wildman–Crippen LogP) is 2.96. The molecule has 2 aromatic heterocycles. The zero-order chi connectivity index (χ0) is 15.7. The van der Waals surface area contributed by atoms with Crippen molar-refractivity contribution in [3.63, 3.8) is 0 Å². The number of aromatic nitrogens is 2. The highest BCUT2D eigenvalue weighted by molar-refractivity contribution is 6.12. The number of anilines is 1. The van der Waals surface area contributed by atoms with Crippen LogP contribution in [0.4, 0.5) is 5.69 Å². The molecule has 0 aliphatic rings. The van der Waals surface area contributed by atoms with E-state index in [2.05, 4.69) is 15.5 Å². The number of fused-ring (bicyclic) bond motifs is 1. The van der Waals surface area contributed by atoms with Gasteiger partial charge in [-0.1, -0.05) is 5.16 Å². The van der Waals surface area contributed by atoms with E-state index in [9.17, 15) is 4.79 Å². The van der Waals surface area contributed by atoms with Gasteiger partial charge in [-0.3, -0.25) is 4.79 Å². The summed E-state index contributed by atoms with van der Waals surface area (Å²) in [4.78, 5) is 16.7. The number of pyridine rings is 1. The average Bonchev–Trinajstić information content (AvgIpc) is 2.88. The molecule has 1 amide bonds. The molecule has 3 aromatic rings. The molecule has 6 heteroatoms. The fourth-order valence-electron chi connectivity index (χ4n) is 2.22. The Hall–Kier alpha value is -3.20. The van der Waals surface area contributed by atoms with Crippen molar-refractivity contribution in [2.75, 3.05) is 5.32 Å². The van der Waals surface area contributed by atoms with Crippen LogP contribution in [0.5, 0.6) is 0 Å². The zero-order valence-electron chi connectivity index (χ0n) is 12.0. The molecule has 0 spiro atoms. The lowest BCUT2D eigenvalue weighted by Crippen LogP contribution is -2.13. The molecule has 0 atom stereocenters. The standard InChI is InChI=1S/C16H12N4O2/c1-9-7-13(14-10(2)20-22-16(14)18-9)15(21)19-12-5-3-11(8-17)4-6-12/h3-7H,1-2H3,(H,19,21). The number of amides is 1. The van der Waals surface area contributed by atoms with Crippen LogP contribution in [0.25, 0.3) is 11.1 Å². The van der Waals surface area contributed by atoms with Crippen LogP contribution in [0.2, 0.25) is 0 Å². The van der Waals surface area contributed by atoms with Crippen molar-refractivity contribution in [2.24, 2.45) is 0 Å². The van der Waals surface area contributed by atoms with E-state index in [0.717, 1.165) is 0 Å². The van der Waals surface area contributed by atoms with Crippen molar-refractivity contribution in [1.29, 1.82) is 5.26 Å². The molecule has 0 saturated heterocycles. The lowest BCUT2D eigenvalue weighted by Gasteiger charge is -2.07. The summed E-state index contributed by atoms with van der Waals surface area (Å²) in [5.41, 5.74) is 3.25. The predicted molar refractivity (Wildman–Crippen MR) is 80.4 cm³/mol. The molecule has 0 aliphatic heterocycles. The summed E-state index contributed by atoms with van der Waals surface area (Å²) in [6.07, 6.45) is 0. The van der Waals surface area contributed by atoms with Crippen LogP contribution in [-0.2, 0) is 0 Å². The van der Waals surface area contributed by atoms with Crippen LogP contribution in [0.1, 0.15) is 27.3 Å². The van der Waals surface area contributed by atoms with Gasteiger partial charge in [0.2, 0.25) is 0 Å². The van der Waals surface area contributed by atoms with Gasteiger partial charge in [-0.25, -0.2) is 4.98 Å². The summed E-state index contributed by atoms with van der Waals surface area (Å²) in [6.45, 7) is 3.55. The van der Waals surface area contributed by atoms with E-state index < -0.39 is 0 Å². The zero-order valence-corrected chi connectivity index (χ0v) is 12.0. The number of nitrogens with one attached hydrogen (secondary N) is 1. The van der Waals surface area contributed by atoms with Gasteiger partial charge in [0.05, 0.1) is 28.3 Å². The largest absolute Gasteiger partial charge is 0.336 e. The van der Waals surface area contributed by atoms with Crippen molar-refractivity contribution in [1.82, 2.24) is 10.1 Å². The van der Waals surface area contributed by atoms with Gasteiger partial charge in [-0.2, -0.15) is 5.26 Å². The van der Waals surface area contributed by atoms with Crippen molar-refractivity contribution >= 4 is 22.7 Å². The molecule has 0 unspecified atom stereocenters. The van der Waals surface area contributed by atoms with Crippen molar-refractivity contribution in [2.45, 2.75) is 13.8 Å². The van der Waals surface area contributed by atoms with E-state index in [0.29, 0.717) is 39.3 Å². The minimum Gasteiger partial charge on any atom is -0.336 e. The molecule has 108 valence electrons. The van der Waals surface area contributed by atoms with Gasteiger partial charge in [-0.05, 0) is 44.2 Å². The Morgan fingerprint density at radius 3 is 2.68 bits per heavy atom. The van der Waals surface area contributed by atoms with Gasteiger partial charge in [0.25, 0.3) is 11.6 Å². The second-order valence-corrected chi connectivity index (χ2v) is 4.90. The van der Waals surface area contributed by atoms with Crippen LogP contribution in [-0.4, -0.2) is 16.0 Å². The number of carbonyl (C=O) groups is 1. The molecular weight excluding hydrogens is 280 g/mol. The second-order valence-electron chi connectivity index (χ2n) is 4.90. The lowest BCUT2D eigenvalue weighted by molar-refractivity contribution is 0.102. The summed E-state index contributed by atoms with van der Waals surface area (Å²) in [7, 11) is 0. The fourth-order valence-corrected chi connectivity index (χ4v) is 2.22. The molecule has 1 aromatic carbocycles. The van der Waals surface area contributed by atoms with Crippen molar-refractivity contribution < 1.29 is 9.32 Å². The van der Waals surface area contributed by atoms with E-state index in [1.54, 1.807) is 44.2 Å². The molecule has 22 heavy (non-hydrogen) atoms. The van der Waals surface area contributed by atoms with E-state index in [1.165, 1.54) is 0 Å². The molecular formula is C16H12N4O2. The van der Waals surface area contributed by atoms with Crippen molar-refractivity contribution in [3.8, 4) is 6.07 Å². The monoisotopic (exact) mass is 292 g/mol. The third-order valence-corrected chi connectivity index (χ3v) is 3.26. The van der Waals surface area contributed by atoms with Crippen LogP contribution >= 0.6 is 0 Å². The van der Waals surface area contributed by atoms with Gasteiger partial charge in [0.15, 0.2) is 0 Å². The molecule has 0 aliphatic carbocycles. The summed E-state index contributed by atoms with van der Waals surface area (Å²) in [6, 6.07) is 10.4. The Morgan fingerprint density at radius 1 is 1.27 bits per heavy atom. The van der Waals surface area contributed by atoms with E-state index in [1.807, 2.05) is 6.07 Å². The summed E-state index contributed by atoms with van der Waals surface area (Å²) >= 11 is 0. The highest BCUT2D eigenvalue weighted by Gasteiger charge is 2.17. The lowest BCUT2D eigenvalue weighted by atomic mass is 10.1. The maximum absolute atomic E-state index is 12.5. The van der Waals surface area contributed by atoms with Crippen LogP contribution in [0, 0.1) is 25.2 Å². The maximum Gasteiger partial charge on any atom is 0.258 e. The quantitative estimate of drug-likeness (QED) is 0.784.